The average molecular weight is 385 g/mol. The normalized spacial score (nSPS) is 34.0. The van der Waals surface area contributed by atoms with Gasteiger partial charge in [-0.3, -0.25) is 4.79 Å². The van der Waals surface area contributed by atoms with Gasteiger partial charge in [0.05, 0.1) is 25.9 Å². The third-order valence-corrected chi connectivity index (χ3v) is 4.04. The smallest absolute Gasteiger partial charge is 0.217 e. The number of nitrogens with one attached hydrogen (secondary N) is 1. The molecule has 0 saturated carbocycles. The molecule has 26 heavy (non-hydrogen) atoms. The van der Waals surface area contributed by atoms with Crippen LogP contribution in [0.5, 0.6) is 0 Å². The molecule has 1 fully saturated rings. The average Bonchev–Trinajstić information content (AvgIpc) is 2.62. The van der Waals surface area contributed by atoms with Crippen molar-refractivity contribution in [1.82, 2.24) is 5.32 Å². The van der Waals surface area contributed by atoms with Gasteiger partial charge in [-0.2, -0.15) is 0 Å². The first-order valence-corrected chi connectivity index (χ1v) is 7.98. The fraction of sp³-hybridized carbons (Fsp3) is 0.929. The predicted octanol–water partition coefficient (Wildman–Crippen LogP) is -5.62. The summed E-state index contributed by atoms with van der Waals surface area (Å²) < 4.78 is 10.4. The van der Waals surface area contributed by atoms with Crippen LogP contribution in [-0.2, 0) is 14.3 Å². The Morgan fingerprint density at radius 3 is 2.15 bits per heavy atom. The first-order valence-electron chi connectivity index (χ1n) is 7.98. The molecule has 1 aliphatic rings. The Morgan fingerprint density at radius 2 is 1.69 bits per heavy atom. The summed E-state index contributed by atoms with van der Waals surface area (Å²) in [5.74, 6) is -0.590. The van der Waals surface area contributed by atoms with Crippen molar-refractivity contribution in [3.63, 3.8) is 0 Å². The summed E-state index contributed by atoms with van der Waals surface area (Å²) in [5.41, 5.74) is 0. The SMILES string of the molecule is CC(=O)N[C@H](CO)[C@@H](O)[C@H](O[C@@H]1O[C@H](CO)[C@H](O)[C@H](O)[C@H]1O)[C@H](O)CO. The highest BCUT2D eigenvalue weighted by Crippen LogP contribution is 2.24. The van der Waals surface area contributed by atoms with Gasteiger partial charge in [-0.15, -0.1) is 0 Å². The Balaban J connectivity index is 2.97. The van der Waals surface area contributed by atoms with Crippen LogP contribution in [0.15, 0.2) is 0 Å². The molecule has 0 bridgehead atoms. The lowest BCUT2D eigenvalue weighted by Crippen LogP contribution is -2.62. The molecule has 0 aromatic heterocycles. The fourth-order valence-electron chi connectivity index (χ4n) is 2.57. The number of amides is 1. The van der Waals surface area contributed by atoms with Crippen molar-refractivity contribution in [3.8, 4) is 0 Å². The van der Waals surface area contributed by atoms with Gasteiger partial charge in [0, 0.05) is 6.92 Å². The molecule has 1 amide bonds. The molecule has 0 spiro atoms. The molecular formula is C14H27NO11. The van der Waals surface area contributed by atoms with Crippen molar-refractivity contribution >= 4 is 5.91 Å². The van der Waals surface area contributed by atoms with Gasteiger partial charge < -0.3 is 55.6 Å². The van der Waals surface area contributed by atoms with Crippen LogP contribution in [-0.4, -0.2) is 122 Å². The molecule has 0 unspecified atom stereocenters. The molecule has 9 atom stereocenters. The van der Waals surface area contributed by atoms with Crippen molar-refractivity contribution in [1.29, 1.82) is 0 Å². The second-order valence-corrected chi connectivity index (χ2v) is 6.03. The summed E-state index contributed by atoms with van der Waals surface area (Å²) in [6.07, 6.45) is -13.3. The van der Waals surface area contributed by atoms with Crippen LogP contribution in [0.25, 0.3) is 0 Å². The molecule has 9 N–H and O–H groups in total. The summed E-state index contributed by atoms with van der Waals surface area (Å²) >= 11 is 0. The lowest BCUT2D eigenvalue weighted by atomic mass is 9.98. The summed E-state index contributed by atoms with van der Waals surface area (Å²) in [6.45, 7) is -1.19. The highest BCUT2D eigenvalue weighted by Gasteiger charge is 2.46. The van der Waals surface area contributed by atoms with E-state index >= 15 is 0 Å². The number of hydrogen-bond donors (Lipinski definition) is 9. The topological polar surface area (TPSA) is 209 Å². The van der Waals surface area contributed by atoms with Crippen LogP contribution in [0.1, 0.15) is 6.92 Å². The van der Waals surface area contributed by atoms with Crippen LogP contribution in [0, 0.1) is 0 Å². The maximum atomic E-state index is 11.1. The van der Waals surface area contributed by atoms with Gasteiger partial charge in [-0.05, 0) is 0 Å². The number of aliphatic hydroxyl groups excluding tert-OH is 8. The number of carbonyl (C=O) groups excluding carboxylic acids is 1. The van der Waals surface area contributed by atoms with Crippen LogP contribution in [0.4, 0.5) is 0 Å². The van der Waals surface area contributed by atoms with Gasteiger partial charge in [0.1, 0.15) is 42.7 Å². The summed E-state index contributed by atoms with van der Waals surface area (Å²) in [7, 11) is 0. The first kappa shape index (κ1) is 23.1. The maximum absolute atomic E-state index is 11.1. The molecule has 12 heteroatoms. The van der Waals surface area contributed by atoms with E-state index in [1.165, 1.54) is 0 Å². The van der Waals surface area contributed by atoms with Crippen molar-refractivity contribution in [2.45, 2.75) is 62.0 Å². The molecule has 0 aromatic rings. The molecule has 0 radical (unpaired) electrons. The molecular weight excluding hydrogens is 358 g/mol. The second-order valence-electron chi connectivity index (χ2n) is 6.03. The molecule has 1 rings (SSSR count). The Morgan fingerprint density at radius 1 is 1.08 bits per heavy atom. The van der Waals surface area contributed by atoms with E-state index in [1.807, 2.05) is 0 Å². The molecule has 1 aliphatic heterocycles. The van der Waals surface area contributed by atoms with E-state index in [0.717, 1.165) is 6.92 Å². The lowest BCUT2D eigenvalue weighted by molar-refractivity contribution is -0.325. The summed E-state index contributed by atoms with van der Waals surface area (Å²) in [6, 6.07) is -1.27. The van der Waals surface area contributed by atoms with Crippen LogP contribution in [0.2, 0.25) is 0 Å². The third kappa shape index (κ3) is 5.53. The Labute approximate surface area is 149 Å². The zero-order valence-corrected chi connectivity index (χ0v) is 14.1. The predicted molar refractivity (Wildman–Crippen MR) is 82.4 cm³/mol. The lowest BCUT2D eigenvalue weighted by Gasteiger charge is -2.42. The molecule has 1 saturated heterocycles. The number of aliphatic hydroxyl groups is 8. The van der Waals surface area contributed by atoms with E-state index < -0.39 is 80.8 Å². The van der Waals surface area contributed by atoms with Gasteiger partial charge in [-0.25, -0.2) is 0 Å². The van der Waals surface area contributed by atoms with Crippen LogP contribution in [0.3, 0.4) is 0 Å². The monoisotopic (exact) mass is 385 g/mol. The largest absolute Gasteiger partial charge is 0.394 e. The number of hydrogen-bond acceptors (Lipinski definition) is 11. The van der Waals surface area contributed by atoms with Crippen molar-refractivity contribution in [3.05, 3.63) is 0 Å². The minimum absolute atomic E-state index is 0.590. The van der Waals surface area contributed by atoms with Gasteiger partial charge in [0.2, 0.25) is 5.91 Å². The van der Waals surface area contributed by atoms with Crippen molar-refractivity contribution < 1.29 is 55.1 Å². The quantitative estimate of drug-likeness (QED) is 0.183. The number of carbonyl (C=O) groups is 1. The summed E-state index contributed by atoms with van der Waals surface area (Å²) in [5, 5.41) is 79.5. The molecule has 0 aromatic carbocycles. The van der Waals surface area contributed by atoms with Gasteiger partial charge in [-0.1, -0.05) is 0 Å². The molecule has 0 aliphatic carbocycles. The molecule has 12 nitrogen and oxygen atoms in total. The van der Waals surface area contributed by atoms with E-state index in [1.54, 1.807) is 0 Å². The van der Waals surface area contributed by atoms with E-state index in [4.69, 9.17) is 19.7 Å². The van der Waals surface area contributed by atoms with Gasteiger partial charge in [0.15, 0.2) is 6.29 Å². The van der Waals surface area contributed by atoms with E-state index in [0.29, 0.717) is 0 Å². The Hall–Kier alpha value is -0.930. The van der Waals surface area contributed by atoms with E-state index in [-0.39, 0.29) is 0 Å². The second kappa shape index (κ2) is 10.4. The van der Waals surface area contributed by atoms with Crippen molar-refractivity contribution in [2.24, 2.45) is 0 Å². The standard InChI is InChI=1S/C14H27NO11/c1-5(19)15-6(2-16)9(21)13(7(20)3-17)26-14-12(24)11(23)10(22)8(4-18)25-14/h6-14,16-18,20-24H,2-4H2,1H3,(H,15,19)/t6-,7-,8-,9-,10+,11+,12-,13-,14+/m1/s1. The highest BCUT2D eigenvalue weighted by molar-refractivity contribution is 5.73. The Kier molecular flexibility index (Phi) is 9.26. The Bertz CT molecular complexity index is 437. The zero-order valence-electron chi connectivity index (χ0n) is 14.1. The maximum Gasteiger partial charge on any atom is 0.217 e. The van der Waals surface area contributed by atoms with E-state index in [9.17, 15) is 35.4 Å². The summed E-state index contributed by atoms with van der Waals surface area (Å²) in [4.78, 5) is 11.1. The molecule has 1 heterocycles. The fourth-order valence-corrected chi connectivity index (χ4v) is 2.57. The molecule has 154 valence electrons. The van der Waals surface area contributed by atoms with Gasteiger partial charge >= 0.3 is 0 Å². The highest BCUT2D eigenvalue weighted by atomic mass is 16.7. The zero-order chi connectivity index (χ0) is 20.0. The van der Waals surface area contributed by atoms with Gasteiger partial charge in [0.25, 0.3) is 0 Å². The third-order valence-electron chi connectivity index (χ3n) is 4.04. The minimum Gasteiger partial charge on any atom is -0.394 e. The first-order chi connectivity index (χ1) is 12.2. The van der Waals surface area contributed by atoms with Crippen LogP contribution < -0.4 is 5.32 Å². The number of ether oxygens (including phenoxy) is 2. The minimum atomic E-state index is -1.80. The van der Waals surface area contributed by atoms with E-state index in [2.05, 4.69) is 5.32 Å². The van der Waals surface area contributed by atoms with Crippen molar-refractivity contribution in [2.75, 3.05) is 19.8 Å². The number of rotatable bonds is 9. The van der Waals surface area contributed by atoms with Crippen LogP contribution >= 0.6 is 0 Å².